The highest BCUT2D eigenvalue weighted by Gasteiger charge is 2.24. The Hall–Kier alpha value is -0.170. The first-order valence-corrected chi connectivity index (χ1v) is 7.79. The number of hydrogen-bond donors (Lipinski definition) is 0. The fraction of sp³-hybridized carbons (Fsp3) is 0.500. The van der Waals surface area contributed by atoms with E-state index in [9.17, 15) is 8.42 Å². The molecule has 0 amide bonds. The first-order chi connectivity index (χ1) is 7.07. The summed E-state index contributed by atoms with van der Waals surface area (Å²) in [5.74, 6) is 1.02. The normalized spacial score (nSPS) is 21.4. The molecule has 15 heavy (non-hydrogen) atoms. The molecular weight excluding hydrogens is 325 g/mol. The molecular formula is C10H12INO2S. The van der Waals surface area contributed by atoms with Crippen molar-refractivity contribution >= 4 is 32.4 Å². The van der Waals surface area contributed by atoms with Crippen LogP contribution in [0.25, 0.3) is 0 Å². The Kier molecular flexibility index (Phi) is 3.30. The van der Waals surface area contributed by atoms with Crippen LogP contribution in [0.1, 0.15) is 24.3 Å². The van der Waals surface area contributed by atoms with Crippen LogP contribution in [0.4, 0.5) is 0 Å². The number of pyridine rings is 1. The van der Waals surface area contributed by atoms with Crippen LogP contribution in [0.3, 0.4) is 0 Å². The quantitative estimate of drug-likeness (QED) is 0.582. The number of halogens is 1. The smallest absolute Gasteiger partial charge is 0.150 e. The van der Waals surface area contributed by atoms with Crippen molar-refractivity contribution in [3.63, 3.8) is 0 Å². The molecule has 0 spiro atoms. The number of nitrogens with zero attached hydrogens (tertiary/aromatic N) is 1. The summed E-state index contributed by atoms with van der Waals surface area (Å²) in [6.45, 7) is 0. The third-order valence-corrected chi connectivity index (χ3v) is 5.13. The SMILES string of the molecule is O=S1(=O)CCC(c2ccc(I)nc2)CC1. The summed E-state index contributed by atoms with van der Waals surface area (Å²) >= 11 is 2.17. The third-order valence-electron chi connectivity index (χ3n) is 2.78. The van der Waals surface area contributed by atoms with Crippen molar-refractivity contribution in [2.24, 2.45) is 0 Å². The number of aromatic nitrogens is 1. The van der Waals surface area contributed by atoms with Crippen molar-refractivity contribution in [2.45, 2.75) is 18.8 Å². The van der Waals surface area contributed by atoms with Crippen LogP contribution in [-0.2, 0) is 9.84 Å². The van der Waals surface area contributed by atoms with Gasteiger partial charge in [-0.25, -0.2) is 8.42 Å². The lowest BCUT2D eigenvalue weighted by atomic mass is 9.95. The Morgan fingerprint density at radius 1 is 1.27 bits per heavy atom. The van der Waals surface area contributed by atoms with Gasteiger partial charge in [-0.3, -0.25) is 4.98 Å². The molecule has 3 nitrogen and oxygen atoms in total. The maximum Gasteiger partial charge on any atom is 0.150 e. The van der Waals surface area contributed by atoms with Crippen LogP contribution in [0, 0.1) is 3.70 Å². The van der Waals surface area contributed by atoms with E-state index < -0.39 is 9.84 Å². The largest absolute Gasteiger partial charge is 0.250 e. The Labute approximate surface area is 103 Å². The van der Waals surface area contributed by atoms with Crippen molar-refractivity contribution in [3.05, 3.63) is 27.6 Å². The van der Waals surface area contributed by atoms with Gasteiger partial charge in [0.25, 0.3) is 0 Å². The molecule has 82 valence electrons. The molecule has 2 rings (SSSR count). The average Bonchev–Trinajstić information content (AvgIpc) is 2.20. The lowest BCUT2D eigenvalue weighted by Gasteiger charge is -2.21. The van der Waals surface area contributed by atoms with Crippen molar-refractivity contribution in [1.82, 2.24) is 4.98 Å². The minimum Gasteiger partial charge on any atom is -0.250 e. The van der Waals surface area contributed by atoms with Gasteiger partial charge in [-0.15, -0.1) is 0 Å². The molecule has 0 unspecified atom stereocenters. The van der Waals surface area contributed by atoms with Gasteiger partial charge < -0.3 is 0 Å². The maximum atomic E-state index is 11.3. The fourth-order valence-corrected chi connectivity index (χ4v) is 3.66. The van der Waals surface area contributed by atoms with Gasteiger partial charge in [0, 0.05) is 6.20 Å². The maximum absolute atomic E-state index is 11.3. The van der Waals surface area contributed by atoms with Crippen molar-refractivity contribution < 1.29 is 8.42 Å². The predicted molar refractivity (Wildman–Crippen MR) is 67.6 cm³/mol. The summed E-state index contributed by atoms with van der Waals surface area (Å²) in [5, 5.41) is 0. The van der Waals surface area contributed by atoms with E-state index in [1.165, 1.54) is 5.56 Å². The molecule has 0 atom stereocenters. The Bertz CT molecular complexity index is 427. The first kappa shape index (κ1) is 11.3. The van der Waals surface area contributed by atoms with E-state index in [-0.39, 0.29) is 0 Å². The summed E-state index contributed by atoms with van der Waals surface area (Å²) in [4.78, 5) is 4.23. The van der Waals surface area contributed by atoms with Gasteiger partial charge in [0.05, 0.1) is 11.5 Å². The van der Waals surface area contributed by atoms with Gasteiger partial charge >= 0.3 is 0 Å². The van der Waals surface area contributed by atoms with Crippen LogP contribution >= 0.6 is 22.6 Å². The molecule has 0 radical (unpaired) electrons. The second-order valence-electron chi connectivity index (χ2n) is 3.84. The van der Waals surface area contributed by atoms with Gasteiger partial charge in [-0.05, 0) is 53.0 Å². The van der Waals surface area contributed by atoms with E-state index in [1.54, 1.807) is 0 Å². The average molecular weight is 337 g/mol. The summed E-state index contributed by atoms with van der Waals surface area (Å²) in [7, 11) is -2.75. The van der Waals surface area contributed by atoms with Gasteiger partial charge in [-0.2, -0.15) is 0 Å². The molecule has 0 N–H and O–H groups in total. The molecule has 0 saturated carbocycles. The highest BCUT2D eigenvalue weighted by Crippen LogP contribution is 2.28. The summed E-state index contributed by atoms with van der Waals surface area (Å²) in [6, 6.07) is 4.02. The minimum atomic E-state index is -2.75. The molecule has 5 heteroatoms. The molecule has 2 heterocycles. The predicted octanol–water partition coefficient (Wildman–Crippen LogP) is 1.98. The molecule has 1 saturated heterocycles. The second kappa shape index (κ2) is 4.37. The van der Waals surface area contributed by atoms with E-state index in [4.69, 9.17) is 0 Å². The van der Waals surface area contributed by atoms with Crippen molar-refractivity contribution in [3.8, 4) is 0 Å². The van der Waals surface area contributed by atoms with Crippen LogP contribution in [-0.4, -0.2) is 24.9 Å². The van der Waals surface area contributed by atoms with Crippen LogP contribution in [0.15, 0.2) is 18.3 Å². The molecule has 1 aromatic heterocycles. The van der Waals surface area contributed by atoms with Gasteiger partial charge in [0.2, 0.25) is 0 Å². The zero-order valence-electron chi connectivity index (χ0n) is 8.19. The van der Waals surface area contributed by atoms with Crippen molar-refractivity contribution in [1.29, 1.82) is 0 Å². The zero-order chi connectivity index (χ0) is 10.9. The summed E-state index contributed by atoms with van der Waals surface area (Å²) in [6.07, 6.45) is 3.35. The molecule has 1 aromatic rings. The number of rotatable bonds is 1. The Morgan fingerprint density at radius 3 is 2.47 bits per heavy atom. The fourth-order valence-electron chi connectivity index (χ4n) is 1.85. The molecule has 1 aliphatic rings. The lowest BCUT2D eigenvalue weighted by molar-refractivity contribution is 0.549. The monoisotopic (exact) mass is 337 g/mol. The summed E-state index contributed by atoms with van der Waals surface area (Å²) in [5.41, 5.74) is 1.17. The topological polar surface area (TPSA) is 47.0 Å². The van der Waals surface area contributed by atoms with E-state index in [2.05, 4.69) is 33.6 Å². The number of sulfone groups is 1. The second-order valence-corrected chi connectivity index (χ2v) is 7.25. The molecule has 1 fully saturated rings. The van der Waals surface area contributed by atoms with Gasteiger partial charge in [0.15, 0.2) is 0 Å². The van der Waals surface area contributed by atoms with Crippen LogP contribution in [0.5, 0.6) is 0 Å². The third kappa shape index (κ3) is 2.90. The van der Waals surface area contributed by atoms with E-state index in [1.807, 2.05) is 12.3 Å². The minimum absolute atomic E-state index is 0.323. The Morgan fingerprint density at radius 2 is 1.93 bits per heavy atom. The van der Waals surface area contributed by atoms with Gasteiger partial charge in [0.1, 0.15) is 13.5 Å². The highest BCUT2D eigenvalue weighted by atomic mass is 127. The van der Waals surface area contributed by atoms with Crippen LogP contribution in [0.2, 0.25) is 0 Å². The van der Waals surface area contributed by atoms with E-state index in [0.717, 1.165) is 16.5 Å². The Balaban J connectivity index is 2.11. The van der Waals surface area contributed by atoms with Gasteiger partial charge in [-0.1, -0.05) is 6.07 Å². The highest BCUT2D eigenvalue weighted by molar-refractivity contribution is 14.1. The molecule has 0 aromatic carbocycles. The number of hydrogen-bond acceptors (Lipinski definition) is 3. The molecule has 1 aliphatic heterocycles. The zero-order valence-corrected chi connectivity index (χ0v) is 11.2. The summed E-state index contributed by atoms with van der Waals surface area (Å²) < 4.78 is 23.5. The first-order valence-electron chi connectivity index (χ1n) is 4.89. The lowest BCUT2D eigenvalue weighted by Crippen LogP contribution is -2.22. The van der Waals surface area contributed by atoms with E-state index in [0.29, 0.717) is 17.4 Å². The standard InChI is InChI=1S/C10H12INO2S/c11-10-2-1-9(7-12-10)8-3-5-15(13,14)6-4-8/h1-2,7-8H,3-6H2. The molecule has 0 bridgehead atoms. The molecule has 0 aliphatic carbocycles. The van der Waals surface area contributed by atoms with Crippen LogP contribution < -0.4 is 0 Å². The van der Waals surface area contributed by atoms with Crippen molar-refractivity contribution in [2.75, 3.05) is 11.5 Å². The van der Waals surface area contributed by atoms with E-state index >= 15 is 0 Å².